The average Bonchev–Trinajstić information content (AvgIpc) is 2.09. The van der Waals surface area contributed by atoms with Crippen molar-refractivity contribution in [3.05, 3.63) is 0 Å². The van der Waals surface area contributed by atoms with Crippen molar-refractivity contribution in [3.8, 4) is 0 Å². The second-order valence-electron chi connectivity index (χ2n) is 3.97. The van der Waals surface area contributed by atoms with E-state index in [1.807, 2.05) is 0 Å². The fourth-order valence-corrected chi connectivity index (χ4v) is 0.590. The van der Waals surface area contributed by atoms with Gasteiger partial charge in [0.05, 0.1) is 0 Å². The van der Waals surface area contributed by atoms with Crippen LogP contribution in [0.15, 0.2) is 0 Å². The van der Waals surface area contributed by atoms with Gasteiger partial charge in [0.2, 0.25) is 0 Å². The van der Waals surface area contributed by atoms with Gasteiger partial charge in [0.25, 0.3) is 0 Å². The molecule has 0 spiro atoms. The molecule has 0 aromatic heterocycles. The number of carbonyl (C=O) groups is 2. The van der Waals surface area contributed by atoms with Crippen LogP contribution in [-0.4, -0.2) is 31.6 Å². The topological polar surface area (TPSA) is 52.6 Å². The summed E-state index contributed by atoms with van der Waals surface area (Å²) >= 11 is 0. The molecule has 0 radical (unpaired) electrons. The minimum Gasteiger partial charge on any atom is -0.456 e. The first-order valence-corrected chi connectivity index (χ1v) is 4.64. The van der Waals surface area contributed by atoms with Gasteiger partial charge in [0, 0.05) is 12.0 Å². The number of carbonyl (C=O) groups excluding carboxylic acids is 2. The van der Waals surface area contributed by atoms with Crippen LogP contribution in [0.1, 0.15) is 27.7 Å². The van der Waals surface area contributed by atoms with Crippen molar-refractivity contribution in [3.63, 3.8) is 0 Å². The summed E-state index contributed by atoms with van der Waals surface area (Å²) in [4.78, 5) is 22.3. The molecule has 0 aromatic carbocycles. The standard InChI is InChI=1S/C10H18O4/c1-5-13-7-9(12)14-6-8(11)10(2,3)4/h5-7H2,1-4H3. The second-order valence-corrected chi connectivity index (χ2v) is 3.97. The molecule has 4 nitrogen and oxygen atoms in total. The summed E-state index contributed by atoms with van der Waals surface area (Å²) in [6, 6.07) is 0. The van der Waals surface area contributed by atoms with Gasteiger partial charge < -0.3 is 9.47 Å². The Morgan fingerprint density at radius 2 is 1.71 bits per heavy atom. The summed E-state index contributed by atoms with van der Waals surface area (Å²) in [5, 5.41) is 0. The van der Waals surface area contributed by atoms with Crippen LogP contribution < -0.4 is 0 Å². The number of esters is 1. The van der Waals surface area contributed by atoms with E-state index in [0.717, 1.165) is 0 Å². The number of ether oxygens (including phenoxy) is 2. The Morgan fingerprint density at radius 1 is 1.14 bits per heavy atom. The zero-order valence-corrected chi connectivity index (χ0v) is 9.25. The van der Waals surface area contributed by atoms with E-state index < -0.39 is 11.4 Å². The highest BCUT2D eigenvalue weighted by atomic mass is 16.6. The van der Waals surface area contributed by atoms with Gasteiger partial charge in [-0.05, 0) is 6.92 Å². The van der Waals surface area contributed by atoms with Gasteiger partial charge >= 0.3 is 5.97 Å². The summed E-state index contributed by atoms with van der Waals surface area (Å²) in [7, 11) is 0. The fraction of sp³-hybridized carbons (Fsp3) is 0.800. The average molecular weight is 202 g/mol. The third-order valence-electron chi connectivity index (χ3n) is 1.62. The molecule has 0 fully saturated rings. The van der Waals surface area contributed by atoms with Crippen molar-refractivity contribution in [2.24, 2.45) is 5.41 Å². The highest BCUT2D eigenvalue weighted by molar-refractivity contribution is 5.86. The molecular weight excluding hydrogens is 184 g/mol. The Bertz CT molecular complexity index is 203. The smallest absolute Gasteiger partial charge is 0.332 e. The molecule has 0 N–H and O–H groups in total. The van der Waals surface area contributed by atoms with E-state index >= 15 is 0 Å². The van der Waals surface area contributed by atoms with Crippen LogP contribution in [0.2, 0.25) is 0 Å². The van der Waals surface area contributed by atoms with Gasteiger partial charge in [0.1, 0.15) is 6.61 Å². The van der Waals surface area contributed by atoms with Gasteiger partial charge in [-0.15, -0.1) is 0 Å². The Hall–Kier alpha value is -0.900. The summed E-state index contributed by atoms with van der Waals surface area (Å²) in [5.41, 5.74) is -0.466. The Balaban J connectivity index is 3.73. The van der Waals surface area contributed by atoms with E-state index in [-0.39, 0.29) is 19.0 Å². The quantitative estimate of drug-likeness (QED) is 0.628. The molecule has 0 bridgehead atoms. The SMILES string of the molecule is CCOCC(=O)OCC(=O)C(C)(C)C. The number of ketones is 1. The van der Waals surface area contributed by atoms with Crippen LogP contribution in [0.4, 0.5) is 0 Å². The van der Waals surface area contributed by atoms with Crippen LogP contribution in [-0.2, 0) is 19.1 Å². The minimum atomic E-state index is -0.496. The summed E-state index contributed by atoms with van der Waals surface area (Å²) in [5.74, 6) is -0.591. The molecule has 0 amide bonds. The van der Waals surface area contributed by atoms with Crippen LogP contribution >= 0.6 is 0 Å². The fourth-order valence-electron chi connectivity index (χ4n) is 0.590. The molecule has 0 aliphatic heterocycles. The predicted molar refractivity (Wildman–Crippen MR) is 51.9 cm³/mol. The largest absolute Gasteiger partial charge is 0.456 e. The van der Waals surface area contributed by atoms with Crippen LogP contribution in [0.25, 0.3) is 0 Å². The maximum atomic E-state index is 11.3. The van der Waals surface area contributed by atoms with Crippen LogP contribution in [0.3, 0.4) is 0 Å². The van der Waals surface area contributed by atoms with Crippen LogP contribution in [0.5, 0.6) is 0 Å². The lowest BCUT2D eigenvalue weighted by atomic mass is 9.91. The van der Waals surface area contributed by atoms with E-state index in [2.05, 4.69) is 0 Å². The number of hydrogen-bond acceptors (Lipinski definition) is 4. The van der Waals surface area contributed by atoms with Crippen molar-refractivity contribution < 1.29 is 19.1 Å². The van der Waals surface area contributed by atoms with Gasteiger partial charge in [-0.2, -0.15) is 0 Å². The molecule has 0 heterocycles. The molecule has 0 saturated carbocycles. The Kier molecular flexibility index (Phi) is 5.38. The lowest BCUT2D eigenvalue weighted by Gasteiger charge is -2.15. The van der Waals surface area contributed by atoms with E-state index in [1.54, 1.807) is 27.7 Å². The minimum absolute atomic E-state index is 0.0894. The molecule has 0 aliphatic rings. The molecule has 0 rings (SSSR count). The van der Waals surface area contributed by atoms with Crippen LogP contribution in [0, 0.1) is 5.41 Å². The van der Waals surface area contributed by atoms with Gasteiger partial charge in [-0.1, -0.05) is 20.8 Å². The van der Waals surface area contributed by atoms with E-state index in [0.29, 0.717) is 6.61 Å². The van der Waals surface area contributed by atoms with Gasteiger partial charge in [0.15, 0.2) is 12.4 Å². The van der Waals surface area contributed by atoms with Crippen molar-refractivity contribution in [1.82, 2.24) is 0 Å². The van der Waals surface area contributed by atoms with Crippen molar-refractivity contribution >= 4 is 11.8 Å². The Labute approximate surface area is 84.6 Å². The predicted octanol–water partition coefficient (Wildman–Crippen LogP) is 1.18. The zero-order valence-electron chi connectivity index (χ0n) is 9.25. The third-order valence-corrected chi connectivity index (χ3v) is 1.62. The molecule has 0 saturated heterocycles. The van der Waals surface area contributed by atoms with E-state index in [4.69, 9.17) is 9.47 Å². The third kappa shape index (κ3) is 5.70. The molecule has 82 valence electrons. The monoisotopic (exact) mass is 202 g/mol. The number of rotatable bonds is 5. The highest BCUT2D eigenvalue weighted by Gasteiger charge is 2.22. The number of Topliss-reactive ketones (excluding diaryl/α,β-unsaturated/α-hetero) is 1. The molecule has 0 unspecified atom stereocenters. The lowest BCUT2D eigenvalue weighted by Crippen LogP contribution is -2.27. The molecule has 4 heteroatoms. The van der Waals surface area contributed by atoms with Gasteiger partial charge in [-0.25, -0.2) is 4.79 Å². The maximum absolute atomic E-state index is 11.3. The van der Waals surface area contributed by atoms with Crippen molar-refractivity contribution in [2.45, 2.75) is 27.7 Å². The normalized spacial score (nSPS) is 11.1. The molecular formula is C10H18O4. The van der Waals surface area contributed by atoms with Crippen molar-refractivity contribution in [2.75, 3.05) is 19.8 Å². The molecule has 14 heavy (non-hydrogen) atoms. The summed E-state index contributed by atoms with van der Waals surface area (Å²) in [6.45, 7) is 7.34. The molecule has 0 aromatic rings. The second kappa shape index (κ2) is 5.75. The highest BCUT2D eigenvalue weighted by Crippen LogP contribution is 2.14. The number of hydrogen-bond donors (Lipinski definition) is 0. The zero-order chi connectivity index (χ0) is 11.2. The van der Waals surface area contributed by atoms with E-state index in [9.17, 15) is 9.59 Å². The van der Waals surface area contributed by atoms with Gasteiger partial charge in [-0.3, -0.25) is 4.79 Å². The van der Waals surface area contributed by atoms with E-state index in [1.165, 1.54) is 0 Å². The first-order valence-electron chi connectivity index (χ1n) is 4.64. The molecule has 0 atom stereocenters. The Morgan fingerprint density at radius 3 is 2.14 bits per heavy atom. The maximum Gasteiger partial charge on any atom is 0.332 e. The summed E-state index contributed by atoms with van der Waals surface area (Å²) < 4.78 is 9.55. The molecule has 0 aliphatic carbocycles. The first kappa shape index (κ1) is 13.1. The first-order chi connectivity index (χ1) is 6.38. The lowest BCUT2D eigenvalue weighted by molar-refractivity contribution is -0.154. The van der Waals surface area contributed by atoms with Crippen molar-refractivity contribution in [1.29, 1.82) is 0 Å². The summed E-state index contributed by atoms with van der Waals surface area (Å²) in [6.07, 6.45) is 0.